The highest BCUT2D eigenvalue weighted by molar-refractivity contribution is 5.84. The van der Waals surface area contributed by atoms with Gasteiger partial charge in [-0.3, -0.25) is 4.98 Å². The van der Waals surface area contributed by atoms with E-state index in [-0.39, 0.29) is 6.10 Å². The van der Waals surface area contributed by atoms with Crippen molar-refractivity contribution in [1.29, 1.82) is 0 Å². The number of rotatable bonds is 4. The summed E-state index contributed by atoms with van der Waals surface area (Å²) in [6.07, 6.45) is 4.28. The van der Waals surface area contributed by atoms with Gasteiger partial charge in [0, 0.05) is 43.9 Å². The Balaban J connectivity index is 1.69. The highest BCUT2D eigenvalue weighted by Crippen LogP contribution is 2.25. The van der Waals surface area contributed by atoms with E-state index in [1.807, 2.05) is 31.5 Å². The second-order valence-corrected chi connectivity index (χ2v) is 5.48. The summed E-state index contributed by atoms with van der Waals surface area (Å²) in [7, 11) is 0. The van der Waals surface area contributed by atoms with Gasteiger partial charge in [0.25, 0.3) is 0 Å². The van der Waals surface area contributed by atoms with Crippen LogP contribution < -0.4 is 5.32 Å². The number of hydrogen-bond donors (Lipinski definition) is 2. The van der Waals surface area contributed by atoms with E-state index in [4.69, 9.17) is 4.74 Å². The van der Waals surface area contributed by atoms with E-state index in [0.717, 1.165) is 11.9 Å². The molecule has 2 unspecified atom stereocenters. The molecule has 1 aliphatic heterocycles. The Bertz CT molecular complexity index is 597. The molecule has 1 aromatic carbocycles. The van der Waals surface area contributed by atoms with Gasteiger partial charge in [-0.2, -0.15) is 0 Å². The van der Waals surface area contributed by atoms with Gasteiger partial charge in [0.1, 0.15) is 5.60 Å². The minimum absolute atomic E-state index is 0.105. The molecule has 0 radical (unpaired) electrons. The summed E-state index contributed by atoms with van der Waals surface area (Å²) in [5, 5.41) is 16.2. The molecule has 106 valence electrons. The van der Waals surface area contributed by atoms with E-state index in [2.05, 4.69) is 22.4 Å². The molecule has 0 spiro atoms. The summed E-state index contributed by atoms with van der Waals surface area (Å²) in [5.74, 6) is 0. The van der Waals surface area contributed by atoms with Gasteiger partial charge in [-0.25, -0.2) is 0 Å². The highest BCUT2D eigenvalue weighted by Gasteiger charge is 2.38. The summed E-state index contributed by atoms with van der Waals surface area (Å²) in [5.41, 5.74) is 0.478. The van der Waals surface area contributed by atoms with Crippen LogP contribution in [0.3, 0.4) is 0 Å². The van der Waals surface area contributed by atoms with Crippen LogP contribution in [0.5, 0.6) is 0 Å². The molecule has 2 heterocycles. The van der Waals surface area contributed by atoms with Gasteiger partial charge in [0.2, 0.25) is 0 Å². The molecule has 4 heteroatoms. The third kappa shape index (κ3) is 2.54. The maximum absolute atomic E-state index is 10.5. The highest BCUT2D eigenvalue weighted by atomic mass is 16.5. The zero-order valence-electron chi connectivity index (χ0n) is 11.7. The van der Waals surface area contributed by atoms with Crippen molar-refractivity contribution in [3.8, 4) is 0 Å². The summed E-state index contributed by atoms with van der Waals surface area (Å²) >= 11 is 0. The van der Waals surface area contributed by atoms with Crippen LogP contribution in [-0.2, 0) is 11.3 Å². The van der Waals surface area contributed by atoms with Crippen LogP contribution in [0, 0.1) is 0 Å². The number of ether oxygens (including phenoxy) is 1. The Morgan fingerprint density at radius 1 is 1.45 bits per heavy atom. The molecule has 1 fully saturated rings. The SMILES string of the molecule is CC1OCCC1(O)CNCc1cccc2cnccc12. The molecule has 0 aliphatic carbocycles. The van der Waals surface area contributed by atoms with E-state index in [1.54, 1.807) is 0 Å². The third-order valence-corrected chi connectivity index (χ3v) is 4.18. The van der Waals surface area contributed by atoms with Crippen molar-refractivity contribution in [3.63, 3.8) is 0 Å². The lowest BCUT2D eigenvalue weighted by atomic mass is 9.96. The molecule has 2 atom stereocenters. The largest absolute Gasteiger partial charge is 0.386 e. The molecule has 0 saturated carbocycles. The van der Waals surface area contributed by atoms with Gasteiger partial charge < -0.3 is 15.2 Å². The smallest absolute Gasteiger partial charge is 0.105 e. The Kier molecular flexibility index (Phi) is 3.70. The summed E-state index contributed by atoms with van der Waals surface area (Å²) in [6.45, 7) is 3.85. The number of pyridine rings is 1. The molecular weight excluding hydrogens is 252 g/mol. The van der Waals surface area contributed by atoms with Crippen molar-refractivity contribution in [2.45, 2.75) is 31.6 Å². The first-order chi connectivity index (χ1) is 9.69. The topological polar surface area (TPSA) is 54.4 Å². The molecule has 0 bridgehead atoms. The number of nitrogens with one attached hydrogen (secondary N) is 1. The Morgan fingerprint density at radius 3 is 3.15 bits per heavy atom. The van der Waals surface area contributed by atoms with Gasteiger partial charge >= 0.3 is 0 Å². The Morgan fingerprint density at radius 2 is 2.35 bits per heavy atom. The summed E-state index contributed by atoms with van der Waals surface area (Å²) in [6, 6.07) is 8.24. The van der Waals surface area contributed by atoms with Crippen molar-refractivity contribution < 1.29 is 9.84 Å². The summed E-state index contributed by atoms with van der Waals surface area (Å²) < 4.78 is 5.44. The first kappa shape index (κ1) is 13.5. The molecule has 20 heavy (non-hydrogen) atoms. The average molecular weight is 272 g/mol. The van der Waals surface area contributed by atoms with E-state index in [0.29, 0.717) is 19.6 Å². The van der Waals surface area contributed by atoms with Gasteiger partial charge in [0.15, 0.2) is 0 Å². The van der Waals surface area contributed by atoms with Gasteiger partial charge in [-0.15, -0.1) is 0 Å². The predicted molar refractivity (Wildman–Crippen MR) is 78.4 cm³/mol. The first-order valence-electron chi connectivity index (χ1n) is 7.05. The van der Waals surface area contributed by atoms with Crippen LogP contribution in [0.4, 0.5) is 0 Å². The van der Waals surface area contributed by atoms with E-state index in [9.17, 15) is 5.11 Å². The molecule has 1 aliphatic rings. The fourth-order valence-corrected chi connectivity index (χ4v) is 2.76. The zero-order chi connectivity index (χ0) is 14.0. The van der Waals surface area contributed by atoms with Crippen molar-refractivity contribution in [2.75, 3.05) is 13.2 Å². The molecule has 1 saturated heterocycles. The zero-order valence-corrected chi connectivity index (χ0v) is 11.7. The molecule has 3 rings (SSSR count). The van der Waals surface area contributed by atoms with Gasteiger partial charge in [-0.1, -0.05) is 18.2 Å². The third-order valence-electron chi connectivity index (χ3n) is 4.18. The lowest BCUT2D eigenvalue weighted by Gasteiger charge is -2.26. The van der Waals surface area contributed by atoms with Crippen LogP contribution >= 0.6 is 0 Å². The average Bonchev–Trinajstić information content (AvgIpc) is 2.79. The molecule has 4 nitrogen and oxygen atoms in total. The van der Waals surface area contributed by atoms with Crippen molar-refractivity contribution in [2.24, 2.45) is 0 Å². The van der Waals surface area contributed by atoms with E-state index in [1.165, 1.54) is 10.9 Å². The number of nitrogens with zero attached hydrogens (tertiary/aromatic N) is 1. The molecule has 0 amide bonds. The normalized spacial score (nSPS) is 26.2. The van der Waals surface area contributed by atoms with Crippen LogP contribution in [0.15, 0.2) is 36.7 Å². The van der Waals surface area contributed by atoms with Crippen LogP contribution in [0.25, 0.3) is 10.8 Å². The fourth-order valence-electron chi connectivity index (χ4n) is 2.76. The number of hydrogen-bond acceptors (Lipinski definition) is 4. The van der Waals surface area contributed by atoms with E-state index >= 15 is 0 Å². The lowest BCUT2D eigenvalue weighted by Crippen LogP contribution is -2.45. The quantitative estimate of drug-likeness (QED) is 0.892. The molecular formula is C16H20N2O2. The second-order valence-electron chi connectivity index (χ2n) is 5.48. The monoisotopic (exact) mass is 272 g/mol. The van der Waals surface area contributed by atoms with Crippen LogP contribution in [0.1, 0.15) is 18.9 Å². The predicted octanol–water partition coefficient (Wildman–Crippen LogP) is 1.86. The number of aliphatic hydroxyl groups is 1. The van der Waals surface area contributed by atoms with Crippen molar-refractivity contribution >= 4 is 10.8 Å². The molecule has 2 N–H and O–H groups in total. The van der Waals surface area contributed by atoms with Crippen molar-refractivity contribution in [1.82, 2.24) is 10.3 Å². The van der Waals surface area contributed by atoms with E-state index < -0.39 is 5.60 Å². The Labute approximate surface area is 118 Å². The Hall–Kier alpha value is -1.49. The number of aromatic nitrogens is 1. The first-order valence-corrected chi connectivity index (χ1v) is 7.05. The van der Waals surface area contributed by atoms with Gasteiger partial charge in [0.05, 0.1) is 6.10 Å². The summed E-state index contributed by atoms with van der Waals surface area (Å²) in [4.78, 5) is 4.14. The fraction of sp³-hybridized carbons (Fsp3) is 0.438. The van der Waals surface area contributed by atoms with Crippen LogP contribution in [0.2, 0.25) is 0 Å². The second kappa shape index (κ2) is 5.48. The molecule has 1 aromatic heterocycles. The lowest BCUT2D eigenvalue weighted by molar-refractivity contribution is -0.0262. The van der Waals surface area contributed by atoms with Crippen molar-refractivity contribution in [3.05, 3.63) is 42.2 Å². The van der Waals surface area contributed by atoms with Crippen LogP contribution in [-0.4, -0.2) is 34.9 Å². The number of fused-ring (bicyclic) bond motifs is 1. The maximum Gasteiger partial charge on any atom is 0.105 e. The molecule has 2 aromatic rings. The minimum atomic E-state index is -0.744. The standard InChI is InChI=1S/C16H20N2O2/c1-12-16(19,6-8-20-12)11-18-10-14-4-2-3-13-9-17-7-5-15(13)14/h2-5,7,9,12,18-19H,6,8,10-11H2,1H3. The minimum Gasteiger partial charge on any atom is -0.386 e. The number of benzene rings is 1. The van der Waals surface area contributed by atoms with Gasteiger partial charge in [-0.05, 0) is 23.9 Å². The maximum atomic E-state index is 10.5.